The predicted molar refractivity (Wildman–Crippen MR) is 73.9 cm³/mol. The Balaban J connectivity index is 3.92. The summed E-state index contributed by atoms with van der Waals surface area (Å²) in [5.41, 5.74) is 0.363. The summed E-state index contributed by atoms with van der Waals surface area (Å²) >= 11 is 0. The van der Waals surface area contributed by atoms with Gasteiger partial charge < -0.3 is 10.2 Å². The zero-order valence-electron chi connectivity index (χ0n) is 12.3. The van der Waals surface area contributed by atoms with E-state index in [1.165, 1.54) is 32.4 Å². The van der Waals surface area contributed by atoms with Gasteiger partial charge in [-0.1, -0.05) is 41.0 Å². The molecule has 1 N–H and O–H groups in total. The molecule has 0 amide bonds. The summed E-state index contributed by atoms with van der Waals surface area (Å²) in [4.78, 5) is 2.46. The summed E-state index contributed by atoms with van der Waals surface area (Å²) in [6.45, 7) is 14.9. The van der Waals surface area contributed by atoms with E-state index < -0.39 is 0 Å². The van der Waals surface area contributed by atoms with Gasteiger partial charge in [-0.2, -0.15) is 0 Å². The largest absolute Gasteiger partial charge is 0.314 e. The van der Waals surface area contributed by atoms with Crippen molar-refractivity contribution in [1.29, 1.82) is 0 Å². The van der Waals surface area contributed by atoms with Crippen LogP contribution in [0, 0.1) is 5.41 Å². The Labute approximate surface area is 103 Å². The molecule has 0 aromatic carbocycles. The van der Waals surface area contributed by atoms with Crippen LogP contribution in [0.4, 0.5) is 0 Å². The monoisotopic (exact) mass is 228 g/mol. The van der Waals surface area contributed by atoms with Crippen molar-refractivity contribution in [2.24, 2.45) is 5.41 Å². The maximum atomic E-state index is 3.61. The van der Waals surface area contributed by atoms with Crippen molar-refractivity contribution >= 4 is 0 Å². The van der Waals surface area contributed by atoms with Crippen LogP contribution in [0.2, 0.25) is 0 Å². The topological polar surface area (TPSA) is 15.3 Å². The Kier molecular flexibility index (Phi) is 8.04. The van der Waals surface area contributed by atoms with Gasteiger partial charge in [0, 0.05) is 6.04 Å². The highest BCUT2D eigenvalue weighted by Gasteiger charge is 2.23. The summed E-state index contributed by atoms with van der Waals surface area (Å²) in [6, 6.07) is 0.626. The molecule has 0 heterocycles. The minimum absolute atomic E-state index is 0.363. The third-order valence-electron chi connectivity index (χ3n) is 3.19. The maximum Gasteiger partial charge on any atom is 0.0128 e. The highest BCUT2D eigenvalue weighted by Crippen LogP contribution is 2.21. The lowest BCUT2D eigenvalue weighted by atomic mass is 9.84. The molecule has 1 atom stereocenters. The van der Waals surface area contributed by atoms with E-state index in [0.717, 1.165) is 6.54 Å². The molecule has 1 unspecified atom stereocenters. The standard InChI is InChI=1S/C14H32N2/c1-7-9-11-16(6)12-10-13(15-8-2)14(3,4)5/h13,15H,7-12H2,1-6H3. The molecule has 0 rings (SSSR count). The fraction of sp³-hybridized carbons (Fsp3) is 1.00. The minimum atomic E-state index is 0.363. The molecule has 0 aliphatic carbocycles. The molecule has 98 valence electrons. The molecule has 0 aromatic heterocycles. The van der Waals surface area contributed by atoms with E-state index in [2.05, 4.69) is 51.9 Å². The van der Waals surface area contributed by atoms with Crippen LogP contribution in [0.3, 0.4) is 0 Å². The first-order valence-corrected chi connectivity index (χ1v) is 6.83. The third-order valence-corrected chi connectivity index (χ3v) is 3.19. The number of hydrogen-bond acceptors (Lipinski definition) is 2. The van der Waals surface area contributed by atoms with Crippen LogP contribution in [0.5, 0.6) is 0 Å². The molecule has 0 bridgehead atoms. The number of nitrogens with zero attached hydrogens (tertiary/aromatic N) is 1. The first-order valence-electron chi connectivity index (χ1n) is 6.83. The van der Waals surface area contributed by atoms with Crippen molar-refractivity contribution in [1.82, 2.24) is 10.2 Å². The van der Waals surface area contributed by atoms with Gasteiger partial charge >= 0.3 is 0 Å². The van der Waals surface area contributed by atoms with E-state index in [1.807, 2.05) is 0 Å². The molecular formula is C14H32N2. The van der Waals surface area contributed by atoms with Crippen molar-refractivity contribution in [3.63, 3.8) is 0 Å². The second kappa shape index (κ2) is 8.08. The van der Waals surface area contributed by atoms with Crippen molar-refractivity contribution < 1.29 is 0 Å². The number of hydrogen-bond donors (Lipinski definition) is 1. The zero-order valence-corrected chi connectivity index (χ0v) is 12.3. The minimum Gasteiger partial charge on any atom is -0.314 e. The van der Waals surface area contributed by atoms with Gasteiger partial charge in [0.05, 0.1) is 0 Å². The van der Waals surface area contributed by atoms with Gasteiger partial charge in [0.1, 0.15) is 0 Å². The molecule has 0 saturated carbocycles. The smallest absolute Gasteiger partial charge is 0.0128 e. The van der Waals surface area contributed by atoms with E-state index in [-0.39, 0.29) is 0 Å². The Morgan fingerprint density at radius 3 is 2.19 bits per heavy atom. The van der Waals surface area contributed by atoms with Crippen molar-refractivity contribution in [2.75, 3.05) is 26.7 Å². The molecule has 0 aliphatic rings. The van der Waals surface area contributed by atoms with Crippen molar-refractivity contribution in [3.8, 4) is 0 Å². The Morgan fingerprint density at radius 1 is 1.12 bits per heavy atom. The average Bonchev–Trinajstić information content (AvgIpc) is 2.19. The fourth-order valence-electron chi connectivity index (χ4n) is 1.98. The molecule has 0 aliphatic heterocycles. The van der Waals surface area contributed by atoms with Gasteiger partial charge in [0.25, 0.3) is 0 Å². The van der Waals surface area contributed by atoms with E-state index in [4.69, 9.17) is 0 Å². The fourth-order valence-corrected chi connectivity index (χ4v) is 1.98. The van der Waals surface area contributed by atoms with Crippen LogP contribution in [0.1, 0.15) is 53.9 Å². The van der Waals surface area contributed by atoms with Crippen LogP contribution in [0.25, 0.3) is 0 Å². The molecule has 2 heteroatoms. The first-order chi connectivity index (χ1) is 7.41. The normalized spacial score (nSPS) is 14.4. The van der Waals surface area contributed by atoms with E-state index in [9.17, 15) is 0 Å². The molecule has 0 saturated heterocycles. The lowest BCUT2D eigenvalue weighted by Crippen LogP contribution is -2.42. The number of unbranched alkanes of at least 4 members (excludes halogenated alkanes) is 1. The lowest BCUT2D eigenvalue weighted by molar-refractivity contribution is 0.222. The summed E-state index contributed by atoms with van der Waals surface area (Å²) in [5.74, 6) is 0. The Morgan fingerprint density at radius 2 is 1.75 bits per heavy atom. The lowest BCUT2D eigenvalue weighted by Gasteiger charge is -2.32. The molecule has 16 heavy (non-hydrogen) atoms. The van der Waals surface area contributed by atoms with Crippen LogP contribution in [-0.2, 0) is 0 Å². The Hall–Kier alpha value is -0.0800. The van der Waals surface area contributed by atoms with E-state index >= 15 is 0 Å². The molecule has 0 spiro atoms. The van der Waals surface area contributed by atoms with Gasteiger partial charge in [0.2, 0.25) is 0 Å². The Bertz CT molecular complexity index is 161. The van der Waals surface area contributed by atoms with Crippen LogP contribution in [-0.4, -0.2) is 37.6 Å². The zero-order chi connectivity index (χ0) is 12.6. The van der Waals surface area contributed by atoms with Gasteiger partial charge in [-0.3, -0.25) is 0 Å². The highest BCUT2D eigenvalue weighted by atomic mass is 15.1. The molecule has 0 fully saturated rings. The quantitative estimate of drug-likeness (QED) is 0.686. The maximum absolute atomic E-state index is 3.61. The van der Waals surface area contributed by atoms with Gasteiger partial charge in [-0.25, -0.2) is 0 Å². The highest BCUT2D eigenvalue weighted by molar-refractivity contribution is 4.80. The molecule has 0 radical (unpaired) electrons. The summed E-state index contributed by atoms with van der Waals surface area (Å²) < 4.78 is 0. The SMILES string of the molecule is CCCCN(C)CCC(NCC)C(C)(C)C. The second-order valence-corrected chi connectivity index (χ2v) is 5.92. The van der Waals surface area contributed by atoms with Gasteiger partial charge in [-0.15, -0.1) is 0 Å². The third kappa shape index (κ3) is 7.24. The van der Waals surface area contributed by atoms with Crippen molar-refractivity contribution in [2.45, 2.75) is 59.9 Å². The van der Waals surface area contributed by atoms with Gasteiger partial charge in [0.15, 0.2) is 0 Å². The first kappa shape index (κ1) is 15.9. The number of nitrogens with one attached hydrogen (secondary N) is 1. The average molecular weight is 228 g/mol. The van der Waals surface area contributed by atoms with Crippen LogP contribution < -0.4 is 5.32 Å². The predicted octanol–water partition coefficient (Wildman–Crippen LogP) is 3.13. The summed E-state index contributed by atoms with van der Waals surface area (Å²) in [6.07, 6.45) is 3.86. The number of rotatable bonds is 8. The van der Waals surface area contributed by atoms with Gasteiger partial charge in [-0.05, 0) is 44.9 Å². The second-order valence-electron chi connectivity index (χ2n) is 5.92. The van der Waals surface area contributed by atoms with E-state index in [0.29, 0.717) is 11.5 Å². The molecule has 0 aromatic rings. The molecular weight excluding hydrogens is 196 g/mol. The summed E-state index contributed by atoms with van der Waals surface area (Å²) in [5, 5.41) is 3.61. The van der Waals surface area contributed by atoms with E-state index in [1.54, 1.807) is 0 Å². The summed E-state index contributed by atoms with van der Waals surface area (Å²) in [7, 11) is 2.24. The molecule has 2 nitrogen and oxygen atoms in total. The van der Waals surface area contributed by atoms with Crippen LogP contribution >= 0.6 is 0 Å². The van der Waals surface area contributed by atoms with Crippen molar-refractivity contribution in [3.05, 3.63) is 0 Å². The van der Waals surface area contributed by atoms with Crippen LogP contribution in [0.15, 0.2) is 0 Å².